The van der Waals surface area contributed by atoms with Crippen LogP contribution in [0.2, 0.25) is 0 Å². The van der Waals surface area contributed by atoms with E-state index in [0.29, 0.717) is 12.6 Å². The second-order valence-electron chi connectivity index (χ2n) is 5.48. The van der Waals surface area contributed by atoms with Gasteiger partial charge in [0.1, 0.15) is 0 Å². The van der Waals surface area contributed by atoms with Crippen molar-refractivity contribution < 1.29 is 4.79 Å². The van der Waals surface area contributed by atoms with Crippen LogP contribution in [0.4, 0.5) is 0 Å². The molecular formula is C12H23N3O. The second-order valence-corrected chi connectivity index (χ2v) is 5.48. The molecule has 1 heterocycles. The van der Waals surface area contributed by atoms with Crippen LogP contribution in [0.15, 0.2) is 0 Å². The van der Waals surface area contributed by atoms with Gasteiger partial charge < -0.3 is 11.1 Å². The molecule has 0 radical (unpaired) electrons. The molecule has 1 aliphatic carbocycles. The molecule has 4 heteroatoms. The number of hydrogen-bond acceptors (Lipinski definition) is 3. The normalized spacial score (nSPS) is 32.1. The molecule has 2 fully saturated rings. The van der Waals surface area contributed by atoms with Crippen LogP contribution in [-0.4, -0.2) is 42.5 Å². The van der Waals surface area contributed by atoms with E-state index in [0.717, 1.165) is 31.8 Å². The van der Waals surface area contributed by atoms with Crippen LogP contribution in [0.3, 0.4) is 0 Å². The molecule has 2 rings (SSSR count). The summed E-state index contributed by atoms with van der Waals surface area (Å²) in [7, 11) is 0. The van der Waals surface area contributed by atoms with Crippen molar-refractivity contribution in [3.63, 3.8) is 0 Å². The molecule has 92 valence electrons. The number of nitrogens with two attached hydrogens (primary N) is 1. The Morgan fingerprint density at radius 1 is 1.31 bits per heavy atom. The van der Waals surface area contributed by atoms with Gasteiger partial charge in [0, 0.05) is 25.2 Å². The smallest absolute Gasteiger partial charge is 0.234 e. The second kappa shape index (κ2) is 5.15. The standard InChI is InChI=1S/C12H23N3O/c1-9-2-4-11(5-3-9)14-12(16)8-15-6-10(13)7-15/h9-11H,2-8,13H2,1H3,(H,14,16). The van der Waals surface area contributed by atoms with Crippen molar-refractivity contribution in [3.8, 4) is 0 Å². The highest BCUT2D eigenvalue weighted by molar-refractivity contribution is 5.78. The fraction of sp³-hybridized carbons (Fsp3) is 0.917. The predicted molar refractivity (Wildman–Crippen MR) is 64.0 cm³/mol. The number of likely N-dealkylation sites (tertiary alicyclic amines) is 1. The van der Waals surface area contributed by atoms with E-state index >= 15 is 0 Å². The fourth-order valence-electron chi connectivity index (χ4n) is 2.62. The number of nitrogens with one attached hydrogen (secondary N) is 1. The van der Waals surface area contributed by atoms with Crippen molar-refractivity contribution in [2.45, 2.75) is 44.7 Å². The maximum Gasteiger partial charge on any atom is 0.234 e. The quantitative estimate of drug-likeness (QED) is 0.727. The van der Waals surface area contributed by atoms with Crippen LogP contribution in [0.5, 0.6) is 0 Å². The molecule has 0 spiro atoms. The summed E-state index contributed by atoms with van der Waals surface area (Å²) in [6.45, 7) is 4.56. The molecule has 4 nitrogen and oxygen atoms in total. The molecular weight excluding hydrogens is 202 g/mol. The Balaban J connectivity index is 1.63. The van der Waals surface area contributed by atoms with Gasteiger partial charge in [0.25, 0.3) is 0 Å². The van der Waals surface area contributed by atoms with E-state index in [1.807, 2.05) is 0 Å². The molecule has 0 aromatic rings. The maximum absolute atomic E-state index is 11.7. The number of rotatable bonds is 3. The Kier molecular flexibility index (Phi) is 3.82. The third kappa shape index (κ3) is 3.19. The molecule has 3 N–H and O–H groups in total. The topological polar surface area (TPSA) is 58.4 Å². The molecule has 1 saturated heterocycles. The fourth-order valence-corrected chi connectivity index (χ4v) is 2.62. The highest BCUT2D eigenvalue weighted by Gasteiger charge is 2.26. The zero-order valence-electron chi connectivity index (χ0n) is 10.1. The summed E-state index contributed by atoms with van der Waals surface area (Å²) in [6, 6.07) is 0.696. The van der Waals surface area contributed by atoms with Crippen molar-refractivity contribution in [1.82, 2.24) is 10.2 Å². The van der Waals surface area contributed by atoms with Gasteiger partial charge in [0.05, 0.1) is 6.54 Å². The molecule has 16 heavy (non-hydrogen) atoms. The first kappa shape index (κ1) is 11.9. The molecule has 1 amide bonds. The number of hydrogen-bond donors (Lipinski definition) is 2. The molecule has 1 saturated carbocycles. The van der Waals surface area contributed by atoms with E-state index in [4.69, 9.17) is 5.73 Å². The summed E-state index contributed by atoms with van der Waals surface area (Å²) in [6.07, 6.45) is 4.79. The summed E-state index contributed by atoms with van der Waals surface area (Å²) in [4.78, 5) is 13.8. The van der Waals surface area contributed by atoms with Gasteiger partial charge in [0.15, 0.2) is 0 Å². The van der Waals surface area contributed by atoms with Gasteiger partial charge in [-0.3, -0.25) is 9.69 Å². The molecule has 0 aromatic heterocycles. The lowest BCUT2D eigenvalue weighted by molar-refractivity contribution is -0.124. The van der Waals surface area contributed by atoms with Gasteiger partial charge in [-0.1, -0.05) is 6.92 Å². The summed E-state index contributed by atoms with van der Waals surface area (Å²) in [5.74, 6) is 1.01. The Bertz CT molecular complexity index is 243. The van der Waals surface area contributed by atoms with Gasteiger partial charge in [-0.25, -0.2) is 0 Å². The first-order chi connectivity index (χ1) is 7.63. The summed E-state index contributed by atoms with van der Waals surface area (Å²) in [5, 5.41) is 3.13. The monoisotopic (exact) mass is 225 g/mol. The van der Waals surface area contributed by atoms with Crippen LogP contribution >= 0.6 is 0 Å². The van der Waals surface area contributed by atoms with Crippen molar-refractivity contribution >= 4 is 5.91 Å². The number of carbonyl (C=O) groups is 1. The lowest BCUT2D eigenvalue weighted by atomic mass is 9.87. The van der Waals surface area contributed by atoms with Gasteiger partial charge in [0.2, 0.25) is 5.91 Å². The first-order valence-electron chi connectivity index (χ1n) is 6.41. The Labute approximate surface area is 97.6 Å². The molecule has 0 aromatic carbocycles. The Morgan fingerprint density at radius 2 is 1.94 bits per heavy atom. The van der Waals surface area contributed by atoms with Crippen LogP contribution in [0.25, 0.3) is 0 Å². The third-order valence-corrected chi connectivity index (χ3v) is 3.73. The largest absolute Gasteiger partial charge is 0.352 e. The van der Waals surface area contributed by atoms with Gasteiger partial charge in [-0.05, 0) is 31.6 Å². The van der Waals surface area contributed by atoms with E-state index in [1.165, 1.54) is 12.8 Å². The number of carbonyl (C=O) groups excluding carboxylic acids is 1. The highest BCUT2D eigenvalue weighted by atomic mass is 16.2. The lowest BCUT2D eigenvalue weighted by Crippen LogP contribution is -2.58. The SMILES string of the molecule is CC1CCC(NC(=O)CN2CC(N)C2)CC1. The molecule has 1 aliphatic heterocycles. The van der Waals surface area contributed by atoms with Crippen molar-refractivity contribution in [1.29, 1.82) is 0 Å². The highest BCUT2D eigenvalue weighted by Crippen LogP contribution is 2.23. The minimum atomic E-state index is 0.173. The summed E-state index contributed by atoms with van der Waals surface area (Å²) >= 11 is 0. The van der Waals surface area contributed by atoms with Crippen molar-refractivity contribution in [2.24, 2.45) is 11.7 Å². The maximum atomic E-state index is 11.7. The molecule has 0 bridgehead atoms. The van der Waals surface area contributed by atoms with Crippen molar-refractivity contribution in [3.05, 3.63) is 0 Å². The van der Waals surface area contributed by atoms with Crippen LogP contribution < -0.4 is 11.1 Å². The number of amides is 1. The van der Waals surface area contributed by atoms with E-state index in [9.17, 15) is 4.79 Å². The van der Waals surface area contributed by atoms with Crippen LogP contribution in [0.1, 0.15) is 32.6 Å². The van der Waals surface area contributed by atoms with E-state index in [2.05, 4.69) is 17.1 Å². The van der Waals surface area contributed by atoms with E-state index in [1.54, 1.807) is 0 Å². The first-order valence-corrected chi connectivity index (χ1v) is 6.41. The van der Waals surface area contributed by atoms with Crippen LogP contribution in [-0.2, 0) is 4.79 Å². The Hall–Kier alpha value is -0.610. The average Bonchev–Trinajstić information content (AvgIpc) is 2.19. The summed E-state index contributed by atoms with van der Waals surface area (Å²) < 4.78 is 0. The van der Waals surface area contributed by atoms with Gasteiger partial charge in [-0.2, -0.15) is 0 Å². The van der Waals surface area contributed by atoms with Gasteiger partial charge in [-0.15, -0.1) is 0 Å². The zero-order valence-corrected chi connectivity index (χ0v) is 10.1. The van der Waals surface area contributed by atoms with Crippen molar-refractivity contribution in [2.75, 3.05) is 19.6 Å². The molecule has 2 aliphatic rings. The zero-order chi connectivity index (χ0) is 11.5. The van der Waals surface area contributed by atoms with E-state index < -0.39 is 0 Å². The lowest BCUT2D eigenvalue weighted by Gasteiger charge is -2.36. The minimum Gasteiger partial charge on any atom is -0.352 e. The Morgan fingerprint density at radius 3 is 2.50 bits per heavy atom. The predicted octanol–water partition coefficient (Wildman–Crippen LogP) is 0.324. The summed E-state index contributed by atoms with van der Waals surface area (Å²) in [5.41, 5.74) is 5.67. The van der Waals surface area contributed by atoms with E-state index in [-0.39, 0.29) is 11.9 Å². The number of nitrogens with zero attached hydrogens (tertiary/aromatic N) is 1. The molecule has 0 unspecified atom stereocenters. The van der Waals surface area contributed by atoms with Gasteiger partial charge >= 0.3 is 0 Å². The van der Waals surface area contributed by atoms with Crippen LogP contribution in [0, 0.1) is 5.92 Å². The average molecular weight is 225 g/mol. The molecule has 0 atom stereocenters. The minimum absolute atomic E-state index is 0.173. The third-order valence-electron chi connectivity index (χ3n) is 3.73.